The van der Waals surface area contributed by atoms with Gasteiger partial charge >= 0.3 is 0 Å². The van der Waals surface area contributed by atoms with E-state index in [0.29, 0.717) is 11.4 Å². The minimum absolute atomic E-state index is 0.0271. The fraction of sp³-hybridized carbons (Fsp3) is 0.130. The smallest absolute Gasteiger partial charge is 0.283 e. The summed E-state index contributed by atoms with van der Waals surface area (Å²) in [6, 6.07) is 20.6. The first-order chi connectivity index (χ1) is 15.3. The third kappa shape index (κ3) is 6.32. The van der Waals surface area contributed by atoms with Crippen molar-refractivity contribution in [1.29, 1.82) is 0 Å². The standard InChI is InChI=1S/C23H20ClN3O4S/c24-18-9-6-15(7-10-18)12-19(16-4-2-1-3-5-16)26-22(28)14-32-21-11-8-17(23(25)29)13-20(21)27(30)31/h1-11,13,19H,12,14H2,(H2,25,29)(H,26,28). The summed E-state index contributed by atoms with van der Waals surface area (Å²) in [7, 11) is 0. The monoisotopic (exact) mass is 469 g/mol. The molecule has 0 fully saturated rings. The van der Waals surface area contributed by atoms with Crippen LogP contribution in [0.25, 0.3) is 0 Å². The Hall–Kier alpha value is -3.36. The van der Waals surface area contributed by atoms with E-state index in [1.165, 1.54) is 12.1 Å². The number of thioether (sulfide) groups is 1. The number of carbonyl (C=O) groups is 2. The first-order valence-electron chi connectivity index (χ1n) is 9.63. The molecule has 0 radical (unpaired) electrons. The average Bonchev–Trinajstić information content (AvgIpc) is 2.79. The zero-order valence-corrected chi connectivity index (χ0v) is 18.4. The van der Waals surface area contributed by atoms with Gasteiger partial charge in [0.15, 0.2) is 0 Å². The number of nitrogens with two attached hydrogens (primary N) is 1. The number of amides is 2. The number of primary amides is 1. The first-order valence-corrected chi connectivity index (χ1v) is 11.0. The van der Waals surface area contributed by atoms with Crippen molar-refractivity contribution >= 4 is 40.9 Å². The number of rotatable bonds is 9. The summed E-state index contributed by atoms with van der Waals surface area (Å²) in [5.41, 5.74) is 6.92. The molecule has 3 aromatic rings. The molecular formula is C23H20ClN3O4S. The Morgan fingerprint density at radius 3 is 2.38 bits per heavy atom. The maximum atomic E-state index is 12.7. The molecule has 32 heavy (non-hydrogen) atoms. The van der Waals surface area contributed by atoms with Crippen LogP contribution in [0, 0.1) is 10.1 Å². The molecule has 0 saturated heterocycles. The number of nitro benzene ring substituents is 1. The van der Waals surface area contributed by atoms with Crippen LogP contribution in [0.4, 0.5) is 5.69 Å². The van der Waals surface area contributed by atoms with Crippen LogP contribution in [-0.4, -0.2) is 22.5 Å². The average molecular weight is 470 g/mol. The molecular weight excluding hydrogens is 450 g/mol. The van der Waals surface area contributed by atoms with E-state index in [1.807, 2.05) is 42.5 Å². The van der Waals surface area contributed by atoms with Gasteiger partial charge in [0.2, 0.25) is 11.8 Å². The molecule has 0 aliphatic rings. The first kappa shape index (κ1) is 23.3. The number of benzene rings is 3. The normalized spacial score (nSPS) is 11.5. The maximum absolute atomic E-state index is 12.7. The quantitative estimate of drug-likeness (QED) is 0.271. The van der Waals surface area contributed by atoms with Crippen LogP contribution >= 0.6 is 23.4 Å². The summed E-state index contributed by atoms with van der Waals surface area (Å²) >= 11 is 6.99. The van der Waals surface area contributed by atoms with Gasteiger partial charge in [-0.15, -0.1) is 11.8 Å². The molecule has 1 unspecified atom stereocenters. The summed E-state index contributed by atoms with van der Waals surface area (Å²) in [6.45, 7) is 0. The van der Waals surface area contributed by atoms with Crippen LogP contribution in [0.15, 0.2) is 77.7 Å². The van der Waals surface area contributed by atoms with Gasteiger partial charge in [-0.05, 0) is 41.8 Å². The van der Waals surface area contributed by atoms with E-state index in [4.69, 9.17) is 17.3 Å². The van der Waals surface area contributed by atoms with E-state index < -0.39 is 10.8 Å². The van der Waals surface area contributed by atoms with Crippen molar-refractivity contribution in [2.45, 2.75) is 17.4 Å². The topological polar surface area (TPSA) is 115 Å². The SMILES string of the molecule is NC(=O)c1ccc(SCC(=O)NC(Cc2ccc(Cl)cc2)c2ccccc2)c([N+](=O)[O-])c1. The van der Waals surface area contributed by atoms with Gasteiger partial charge in [-0.25, -0.2) is 0 Å². The Balaban J connectivity index is 1.72. The van der Waals surface area contributed by atoms with E-state index in [-0.39, 0.29) is 33.8 Å². The van der Waals surface area contributed by atoms with Crippen LogP contribution in [0.1, 0.15) is 27.5 Å². The Kier molecular flexibility index (Phi) is 7.86. The zero-order valence-electron chi connectivity index (χ0n) is 16.9. The molecule has 0 bridgehead atoms. The molecule has 7 nitrogen and oxygen atoms in total. The minimum Gasteiger partial charge on any atom is -0.366 e. The van der Waals surface area contributed by atoms with Gasteiger partial charge < -0.3 is 11.1 Å². The number of nitro groups is 1. The van der Waals surface area contributed by atoms with Crippen molar-refractivity contribution in [2.24, 2.45) is 5.73 Å². The molecule has 3 rings (SSSR count). The van der Waals surface area contributed by atoms with Crippen molar-refractivity contribution in [3.05, 3.63) is 105 Å². The highest BCUT2D eigenvalue weighted by atomic mass is 35.5. The molecule has 0 aromatic heterocycles. The Morgan fingerprint density at radius 2 is 1.75 bits per heavy atom. The number of nitrogens with one attached hydrogen (secondary N) is 1. The Bertz CT molecular complexity index is 1120. The summed E-state index contributed by atoms with van der Waals surface area (Å²) < 4.78 is 0. The Labute approximate surface area is 194 Å². The second-order valence-electron chi connectivity index (χ2n) is 6.95. The molecule has 3 N–H and O–H groups in total. The lowest BCUT2D eigenvalue weighted by Crippen LogP contribution is -2.31. The molecule has 1 atom stereocenters. The second kappa shape index (κ2) is 10.8. The molecule has 0 aliphatic heterocycles. The lowest BCUT2D eigenvalue weighted by molar-refractivity contribution is -0.387. The van der Waals surface area contributed by atoms with Gasteiger partial charge in [-0.3, -0.25) is 19.7 Å². The number of hydrogen-bond acceptors (Lipinski definition) is 5. The fourth-order valence-electron chi connectivity index (χ4n) is 3.11. The van der Waals surface area contributed by atoms with Gasteiger partial charge in [0.1, 0.15) is 0 Å². The van der Waals surface area contributed by atoms with Crippen LogP contribution in [0.2, 0.25) is 5.02 Å². The highest BCUT2D eigenvalue weighted by Gasteiger charge is 2.20. The predicted octanol–water partition coefficient (Wildman–Crippen LogP) is 4.54. The molecule has 3 aromatic carbocycles. The molecule has 2 amide bonds. The third-order valence-electron chi connectivity index (χ3n) is 4.69. The number of carbonyl (C=O) groups excluding carboxylic acids is 2. The summed E-state index contributed by atoms with van der Waals surface area (Å²) in [4.78, 5) is 35.0. The lowest BCUT2D eigenvalue weighted by Gasteiger charge is -2.19. The molecule has 0 saturated carbocycles. The fourth-order valence-corrected chi connectivity index (χ4v) is 4.05. The van der Waals surface area contributed by atoms with E-state index in [9.17, 15) is 19.7 Å². The predicted molar refractivity (Wildman–Crippen MR) is 125 cm³/mol. The van der Waals surface area contributed by atoms with E-state index in [1.54, 1.807) is 12.1 Å². The molecule has 9 heteroatoms. The minimum atomic E-state index is -0.754. The van der Waals surface area contributed by atoms with Crippen LogP contribution in [0.5, 0.6) is 0 Å². The van der Waals surface area contributed by atoms with Crippen LogP contribution in [-0.2, 0) is 11.2 Å². The highest BCUT2D eigenvalue weighted by Crippen LogP contribution is 2.30. The van der Waals surface area contributed by atoms with Crippen LogP contribution in [0.3, 0.4) is 0 Å². The van der Waals surface area contributed by atoms with Crippen molar-refractivity contribution in [2.75, 3.05) is 5.75 Å². The van der Waals surface area contributed by atoms with Crippen molar-refractivity contribution in [3.63, 3.8) is 0 Å². The summed E-state index contributed by atoms with van der Waals surface area (Å²) in [5, 5.41) is 15.0. The van der Waals surface area contributed by atoms with Crippen molar-refractivity contribution < 1.29 is 14.5 Å². The van der Waals surface area contributed by atoms with Crippen LogP contribution < -0.4 is 11.1 Å². The largest absolute Gasteiger partial charge is 0.366 e. The third-order valence-corrected chi connectivity index (χ3v) is 6.00. The van der Waals surface area contributed by atoms with Gasteiger partial charge in [0.25, 0.3) is 5.69 Å². The van der Waals surface area contributed by atoms with Gasteiger partial charge in [0.05, 0.1) is 21.6 Å². The van der Waals surface area contributed by atoms with E-state index in [2.05, 4.69) is 5.32 Å². The highest BCUT2D eigenvalue weighted by molar-refractivity contribution is 8.00. The van der Waals surface area contributed by atoms with E-state index in [0.717, 1.165) is 29.0 Å². The number of halogens is 1. The van der Waals surface area contributed by atoms with E-state index >= 15 is 0 Å². The second-order valence-corrected chi connectivity index (χ2v) is 8.41. The maximum Gasteiger partial charge on any atom is 0.283 e. The lowest BCUT2D eigenvalue weighted by atomic mass is 9.99. The zero-order chi connectivity index (χ0) is 23.1. The number of hydrogen-bond donors (Lipinski definition) is 2. The van der Waals surface area contributed by atoms with Crippen molar-refractivity contribution in [3.8, 4) is 0 Å². The summed E-state index contributed by atoms with van der Waals surface area (Å²) in [6.07, 6.45) is 0.561. The Morgan fingerprint density at radius 1 is 1.06 bits per heavy atom. The molecule has 0 heterocycles. The molecule has 0 spiro atoms. The molecule has 164 valence electrons. The van der Waals surface area contributed by atoms with Crippen molar-refractivity contribution in [1.82, 2.24) is 5.32 Å². The summed E-state index contributed by atoms with van der Waals surface area (Å²) in [5.74, 6) is -1.05. The van der Waals surface area contributed by atoms with Gasteiger partial charge in [-0.1, -0.05) is 54.1 Å². The van der Waals surface area contributed by atoms with Gasteiger partial charge in [0, 0.05) is 16.7 Å². The molecule has 0 aliphatic carbocycles. The number of nitrogens with zero attached hydrogens (tertiary/aromatic N) is 1. The van der Waals surface area contributed by atoms with Gasteiger partial charge in [-0.2, -0.15) is 0 Å².